The second-order valence-corrected chi connectivity index (χ2v) is 4.14. The van der Waals surface area contributed by atoms with Gasteiger partial charge in [-0.25, -0.2) is 0 Å². The maximum atomic E-state index is 2.28. The van der Waals surface area contributed by atoms with Crippen LogP contribution in [0.25, 0.3) is 0 Å². The van der Waals surface area contributed by atoms with Gasteiger partial charge in [-0.2, -0.15) is 0 Å². The Labute approximate surface area is 89.4 Å². The van der Waals surface area contributed by atoms with E-state index < -0.39 is 0 Å². The molecule has 0 aromatic carbocycles. The largest absolute Gasteiger partial charge is 0.0847 e. The van der Waals surface area contributed by atoms with Crippen molar-refractivity contribution in [1.29, 1.82) is 0 Å². The summed E-state index contributed by atoms with van der Waals surface area (Å²) >= 11 is 0. The third kappa shape index (κ3) is 6.71. The smallest absolute Gasteiger partial charge is 0.0307 e. The predicted molar refractivity (Wildman–Crippen MR) is 66.4 cm³/mol. The maximum Gasteiger partial charge on any atom is -0.0307 e. The average Bonchev–Trinajstić information content (AvgIpc) is 2.15. The first-order valence-corrected chi connectivity index (χ1v) is 5.60. The van der Waals surface area contributed by atoms with Crippen LogP contribution in [0.5, 0.6) is 0 Å². The van der Waals surface area contributed by atoms with Gasteiger partial charge in [-0.15, -0.1) is 0 Å². The van der Waals surface area contributed by atoms with Crippen LogP contribution in [0, 0.1) is 5.92 Å². The Balaban J connectivity index is 4.29. The Morgan fingerprint density at radius 3 is 2.36 bits per heavy atom. The summed E-state index contributed by atoms with van der Waals surface area (Å²) in [5.41, 5.74) is 2.76. The molecule has 0 heteroatoms. The van der Waals surface area contributed by atoms with E-state index in [1.807, 2.05) is 0 Å². The Morgan fingerprint density at radius 2 is 1.93 bits per heavy atom. The predicted octanol–water partition coefficient (Wildman–Crippen LogP) is 4.89. The number of rotatable bonds is 5. The molecule has 0 aliphatic heterocycles. The zero-order valence-electron chi connectivity index (χ0n) is 10.3. The molecule has 0 aromatic heterocycles. The van der Waals surface area contributed by atoms with Gasteiger partial charge >= 0.3 is 0 Å². The van der Waals surface area contributed by atoms with Crippen LogP contribution in [0.2, 0.25) is 0 Å². The molecule has 0 saturated heterocycles. The van der Waals surface area contributed by atoms with E-state index in [-0.39, 0.29) is 0 Å². The Morgan fingerprint density at radius 1 is 1.29 bits per heavy atom. The van der Waals surface area contributed by atoms with Gasteiger partial charge in [0.15, 0.2) is 0 Å². The normalized spacial score (nSPS) is 14.4. The molecule has 0 aromatic rings. The molecule has 0 aliphatic carbocycles. The third-order valence-electron chi connectivity index (χ3n) is 2.22. The van der Waals surface area contributed by atoms with Gasteiger partial charge in [-0.05, 0) is 38.2 Å². The number of hydrogen-bond acceptors (Lipinski definition) is 0. The molecule has 0 spiro atoms. The molecular formula is C14H24. The fraction of sp³-hybridized carbons (Fsp3) is 0.571. The van der Waals surface area contributed by atoms with E-state index in [9.17, 15) is 0 Å². The fourth-order valence-corrected chi connectivity index (χ4v) is 1.14. The standard InChI is InChI=1S/C14H24/c1-6-13(5)11-14(7-2)10-8-9-12(3)4/h6,8,10-12H,7,9H2,1-5H3/b10-8+,13-6+,14-11+. The van der Waals surface area contributed by atoms with Crippen LogP contribution in [0.1, 0.15) is 47.5 Å². The average molecular weight is 192 g/mol. The van der Waals surface area contributed by atoms with E-state index in [1.165, 1.54) is 17.6 Å². The summed E-state index contributed by atoms with van der Waals surface area (Å²) in [4.78, 5) is 0. The van der Waals surface area contributed by atoms with Crippen LogP contribution in [-0.2, 0) is 0 Å². The van der Waals surface area contributed by atoms with E-state index in [1.54, 1.807) is 0 Å². The minimum absolute atomic E-state index is 0.757. The zero-order valence-corrected chi connectivity index (χ0v) is 10.3. The van der Waals surface area contributed by atoms with E-state index in [0.29, 0.717) is 0 Å². The van der Waals surface area contributed by atoms with E-state index in [4.69, 9.17) is 0 Å². The molecule has 0 nitrogen and oxygen atoms in total. The van der Waals surface area contributed by atoms with Crippen LogP contribution in [0.3, 0.4) is 0 Å². The van der Waals surface area contributed by atoms with E-state index >= 15 is 0 Å². The third-order valence-corrected chi connectivity index (χ3v) is 2.22. The lowest BCUT2D eigenvalue weighted by atomic mass is 10.1. The molecule has 14 heavy (non-hydrogen) atoms. The van der Waals surface area contributed by atoms with E-state index in [0.717, 1.165) is 12.3 Å². The maximum absolute atomic E-state index is 2.28. The van der Waals surface area contributed by atoms with Crippen molar-refractivity contribution in [3.8, 4) is 0 Å². The summed E-state index contributed by atoms with van der Waals surface area (Å²) in [7, 11) is 0. The Kier molecular flexibility index (Phi) is 7.18. The van der Waals surface area contributed by atoms with Gasteiger partial charge in [-0.3, -0.25) is 0 Å². The van der Waals surface area contributed by atoms with Gasteiger partial charge < -0.3 is 0 Å². The van der Waals surface area contributed by atoms with Crippen molar-refractivity contribution in [3.05, 3.63) is 35.5 Å². The van der Waals surface area contributed by atoms with Gasteiger partial charge in [0, 0.05) is 0 Å². The molecule has 0 saturated carbocycles. The SMILES string of the molecule is C/C=C(C)/C=C(/C=C/CC(C)C)CC. The van der Waals surface area contributed by atoms with Crippen LogP contribution < -0.4 is 0 Å². The van der Waals surface area contributed by atoms with Crippen molar-refractivity contribution in [2.75, 3.05) is 0 Å². The summed E-state index contributed by atoms with van der Waals surface area (Å²) in [5.74, 6) is 0.757. The molecule has 0 unspecified atom stereocenters. The molecule has 0 amide bonds. The molecule has 0 rings (SSSR count). The Bertz CT molecular complexity index is 226. The second-order valence-electron chi connectivity index (χ2n) is 4.14. The van der Waals surface area contributed by atoms with Crippen LogP contribution >= 0.6 is 0 Å². The molecule has 0 N–H and O–H groups in total. The lowest BCUT2D eigenvalue weighted by Crippen LogP contribution is -1.83. The second kappa shape index (κ2) is 7.61. The molecule has 0 bridgehead atoms. The van der Waals surface area contributed by atoms with Gasteiger partial charge in [0.1, 0.15) is 0 Å². The summed E-state index contributed by atoms with van der Waals surface area (Å²) < 4.78 is 0. The highest BCUT2D eigenvalue weighted by Gasteiger charge is 1.90. The quantitative estimate of drug-likeness (QED) is 0.544. The highest BCUT2D eigenvalue weighted by Crippen LogP contribution is 2.09. The topological polar surface area (TPSA) is 0 Å². The van der Waals surface area contributed by atoms with Crippen LogP contribution in [0.15, 0.2) is 35.5 Å². The van der Waals surface area contributed by atoms with Crippen LogP contribution in [-0.4, -0.2) is 0 Å². The van der Waals surface area contributed by atoms with Crippen molar-refractivity contribution in [2.45, 2.75) is 47.5 Å². The van der Waals surface area contributed by atoms with Gasteiger partial charge in [0.2, 0.25) is 0 Å². The first-order chi connectivity index (χ1) is 6.60. The monoisotopic (exact) mass is 192 g/mol. The molecular weight excluding hydrogens is 168 g/mol. The highest BCUT2D eigenvalue weighted by molar-refractivity contribution is 5.28. The fourth-order valence-electron chi connectivity index (χ4n) is 1.14. The summed E-state index contributed by atoms with van der Waals surface area (Å²) in [6, 6.07) is 0. The minimum Gasteiger partial charge on any atom is -0.0847 e. The van der Waals surface area contributed by atoms with Gasteiger partial charge in [0.05, 0.1) is 0 Å². The lowest BCUT2D eigenvalue weighted by molar-refractivity contribution is 0.663. The van der Waals surface area contributed by atoms with Crippen molar-refractivity contribution in [1.82, 2.24) is 0 Å². The summed E-state index contributed by atoms with van der Waals surface area (Å²) in [6.45, 7) is 10.9. The van der Waals surface area contributed by atoms with Crippen molar-refractivity contribution in [2.24, 2.45) is 5.92 Å². The van der Waals surface area contributed by atoms with Crippen molar-refractivity contribution >= 4 is 0 Å². The first-order valence-electron chi connectivity index (χ1n) is 5.60. The lowest BCUT2D eigenvalue weighted by Gasteiger charge is -2.00. The molecule has 0 fully saturated rings. The van der Waals surface area contributed by atoms with Gasteiger partial charge in [0.25, 0.3) is 0 Å². The highest BCUT2D eigenvalue weighted by atomic mass is 14.0. The minimum atomic E-state index is 0.757. The molecule has 0 atom stereocenters. The molecule has 0 heterocycles. The Hall–Kier alpha value is -0.780. The summed E-state index contributed by atoms with van der Waals surface area (Å²) in [5, 5.41) is 0. The summed E-state index contributed by atoms with van der Waals surface area (Å²) in [6.07, 6.45) is 11.2. The zero-order chi connectivity index (χ0) is 11.0. The van der Waals surface area contributed by atoms with Crippen molar-refractivity contribution < 1.29 is 0 Å². The van der Waals surface area contributed by atoms with Crippen LogP contribution in [0.4, 0.5) is 0 Å². The first kappa shape index (κ1) is 13.2. The number of hydrogen-bond donors (Lipinski definition) is 0. The molecule has 0 radical (unpaired) electrons. The van der Waals surface area contributed by atoms with Crippen molar-refractivity contribution in [3.63, 3.8) is 0 Å². The van der Waals surface area contributed by atoms with E-state index in [2.05, 4.69) is 58.9 Å². The number of allylic oxidation sites excluding steroid dienone is 6. The molecule has 0 aliphatic rings. The van der Waals surface area contributed by atoms with Gasteiger partial charge in [-0.1, -0.05) is 50.6 Å². The molecule has 80 valence electrons.